The van der Waals surface area contributed by atoms with Crippen molar-refractivity contribution in [1.82, 2.24) is 5.32 Å². The van der Waals surface area contributed by atoms with Crippen molar-refractivity contribution < 1.29 is 9.47 Å². The maximum atomic E-state index is 6.13. The highest BCUT2D eigenvalue weighted by molar-refractivity contribution is 6.37. The van der Waals surface area contributed by atoms with Crippen molar-refractivity contribution in [3.63, 3.8) is 0 Å². The van der Waals surface area contributed by atoms with Gasteiger partial charge in [-0.2, -0.15) is 0 Å². The van der Waals surface area contributed by atoms with Crippen LogP contribution < -0.4 is 14.8 Å². The van der Waals surface area contributed by atoms with Gasteiger partial charge in [-0.25, -0.2) is 0 Å². The van der Waals surface area contributed by atoms with Crippen LogP contribution in [0.4, 0.5) is 0 Å². The SMILES string of the molecule is COc1ccccc1CCNCc1cc(Cl)c(OC)c(Cl)c1. The molecule has 0 unspecified atom stereocenters. The smallest absolute Gasteiger partial charge is 0.156 e. The summed E-state index contributed by atoms with van der Waals surface area (Å²) in [5.41, 5.74) is 2.21. The van der Waals surface area contributed by atoms with Crippen molar-refractivity contribution in [1.29, 1.82) is 0 Å². The second kappa shape index (κ2) is 8.28. The van der Waals surface area contributed by atoms with Gasteiger partial charge in [-0.15, -0.1) is 0 Å². The van der Waals surface area contributed by atoms with Gasteiger partial charge in [-0.1, -0.05) is 41.4 Å². The van der Waals surface area contributed by atoms with Crippen LogP contribution in [0.25, 0.3) is 0 Å². The van der Waals surface area contributed by atoms with Gasteiger partial charge in [-0.05, 0) is 42.3 Å². The van der Waals surface area contributed by atoms with Crippen molar-refractivity contribution in [3.05, 3.63) is 57.6 Å². The highest BCUT2D eigenvalue weighted by Gasteiger charge is 2.08. The van der Waals surface area contributed by atoms with E-state index in [1.54, 1.807) is 14.2 Å². The molecule has 2 rings (SSSR count). The molecule has 1 N–H and O–H groups in total. The lowest BCUT2D eigenvalue weighted by molar-refractivity contribution is 0.409. The Morgan fingerprint density at radius 1 is 1.00 bits per heavy atom. The van der Waals surface area contributed by atoms with Crippen LogP contribution in [-0.4, -0.2) is 20.8 Å². The number of methoxy groups -OCH3 is 2. The number of hydrogen-bond donors (Lipinski definition) is 1. The van der Waals surface area contributed by atoms with Gasteiger partial charge < -0.3 is 14.8 Å². The Morgan fingerprint density at radius 3 is 2.32 bits per heavy atom. The topological polar surface area (TPSA) is 30.5 Å². The molecular formula is C17H19Cl2NO2. The Morgan fingerprint density at radius 2 is 1.68 bits per heavy atom. The zero-order chi connectivity index (χ0) is 15.9. The molecule has 0 atom stereocenters. The predicted molar refractivity (Wildman–Crippen MR) is 91.4 cm³/mol. The Balaban J connectivity index is 1.89. The molecule has 3 nitrogen and oxygen atoms in total. The van der Waals surface area contributed by atoms with Crippen LogP contribution in [0.5, 0.6) is 11.5 Å². The highest BCUT2D eigenvalue weighted by Crippen LogP contribution is 2.33. The molecule has 0 aliphatic carbocycles. The highest BCUT2D eigenvalue weighted by atomic mass is 35.5. The maximum absolute atomic E-state index is 6.13. The van der Waals surface area contributed by atoms with Gasteiger partial charge in [-0.3, -0.25) is 0 Å². The molecule has 118 valence electrons. The number of hydrogen-bond acceptors (Lipinski definition) is 3. The zero-order valence-electron chi connectivity index (χ0n) is 12.7. The second-order valence-corrected chi connectivity index (χ2v) is 5.65. The molecule has 0 aliphatic heterocycles. The Bertz CT molecular complexity index is 609. The zero-order valence-corrected chi connectivity index (χ0v) is 14.2. The molecule has 5 heteroatoms. The molecule has 0 saturated heterocycles. The third-order valence-electron chi connectivity index (χ3n) is 3.35. The monoisotopic (exact) mass is 339 g/mol. The second-order valence-electron chi connectivity index (χ2n) is 4.83. The van der Waals surface area contributed by atoms with E-state index in [-0.39, 0.29) is 0 Å². The van der Waals surface area contributed by atoms with E-state index < -0.39 is 0 Å². The number of nitrogens with one attached hydrogen (secondary N) is 1. The third-order valence-corrected chi connectivity index (χ3v) is 3.92. The molecule has 0 fully saturated rings. The molecule has 2 aromatic rings. The van der Waals surface area contributed by atoms with E-state index >= 15 is 0 Å². The molecule has 0 heterocycles. The van der Waals surface area contributed by atoms with Gasteiger partial charge in [0, 0.05) is 6.54 Å². The van der Waals surface area contributed by atoms with Crippen LogP contribution in [0, 0.1) is 0 Å². The van der Waals surface area contributed by atoms with Crippen molar-refractivity contribution in [2.75, 3.05) is 20.8 Å². The average molecular weight is 340 g/mol. The number of ether oxygens (including phenoxy) is 2. The van der Waals surface area contributed by atoms with Crippen molar-refractivity contribution in [3.8, 4) is 11.5 Å². The van der Waals surface area contributed by atoms with Crippen molar-refractivity contribution in [2.24, 2.45) is 0 Å². The summed E-state index contributed by atoms with van der Waals surface area (Å²) in [5.74, 6) is 1.43. The molecule has 0 bridgehead atoms. The summed E-state index contributed by atoms with van der Waals surface area (Å²) in [4.78, 5) is 0. The van der Waals surface area contributed by atoms with Crippen LogP contribution in [0.1, 0.15) is 11.1 Å². The molecule has 22 heavy (non-hydrogen) atoms. The standard InChI is InChI=1S/C17H19Cl2NO2/c1-21-16-6-4-3-5-13(16)7-8-20-11-12-9-14(18)17(22-2)15(19)10-12/h3-6,9-10,20H,7-8,11H2,1-2H3. The van der Waals surface area contributed by atoms with Crippen LogP contribution in [0.15, 0.2) is 36.4 Å². The van der Waals surface area contributed by atoms with Crippen LogP contribution in [0.3, 0.4) is 0 Å². The molecule has 0 aromatic heterocycles. The van der Waals surface area contributed by atoms with E-state index in [1.807, 2.05) is 30.3 Å². The number of rotatable bonds is 7. The van der Waals surface area contributed by atoms with Crippen molar-refractivity contribution in [2.45, 2.75) is 13.0 Å². The fraction of sp³-hybridized carbons (Fsp3) is 0.294. The first kappa shape index (κ1) is 16.9. The van der Waals surface area contributed by atoms with Gasteiger partial charge in [0.15, 0.2) is 5.75 Å². The van der Waals surface area contributed by atoms with Gasteiger partial charge >= 0.3 is 0 Å². The molecule has 0 amide bonds. The normalized spacial score (nSPS) is 10.5. The summed E-state index contributed by atoms with van der Waals surface area (Å²) in [5, 5.41) is 4.43. The Kier molecular flexibility index (Phi) is 6.37. The minimum atomic E-state index is 0.515. The Hall–Kier alpha value is -1.42. The fourth-order valence-electron chi connectivity index (χ4n) is 2.27. The van der Waals surface area contributed by atoms with Gasteiger partial charge in [0.05, 0.1) is 24.3 Å². The van der Waals surface area contributed by atoms with Crippen LogP contribution in [-0.2, 0) is 13.0 Å². The number of para-hydroxylation sites is 1. The molecule has 2 aromatic carbocycles. The average Bonchev–Trinajstić information content (AvgIpc) is 2.51. The largest absolute Gasteiger partial charge is 0.496 e. The first-order valence-electron chi connectivity index (χ1n) is 7.00. The number of benzene rings is 2. The minimum absolute atomic E-state index is 0.515. The summed E-state index contributed by atoms with van der Waals surface area (Å²) in [6.45, 7) is 1.53. The van der Waals surface area contributed by atoms with E-state index in [0.717, 1.165) is 24.3 Å². The predicted octanol–water partition coefficient (Wildman–Crippen LogP) is 4.34. The lowest BCUT2D eigenvalue weighted by atomic mass is 10.1. The van der Waals surface area contributed by atoms with E-state index in [2.05, 4.69) is 11.4 Å². The molecule has 0 radical (unpaired) electrons. The molecular weight excluding hydrogens is 321 g/mol. The van der Waals surface area contributed by atoms with Gasteiger partial charge in [0.1, 0.15) is 5.75 Å². The fourth-order valence-corrected chi connectivity index (χ4v) is 2.96. The van der Waals surface area contributed by atoms with E-state index in [4.69, 9.17) is 32.7 Å². The third kappa shape index (κ3) is 4.29. The lowest BCUT2D eigenvalue weighted by Gasteiger charge is -2.11. The van der Waals surface area contributed by atoms with Crippen LogP contribution in [0.2, 0.25) is 10.0 Å². The number of halogens is 2. The summed E-state index contributed by atoms with van der Waals surface area (Å²) in [6, 6.07) is 11.8. The first-order chi connectivity index (χ1) is 10.7. The van der Waals surface area contributed by atoms with E-state index in [9.17, 15) is 0 Å². The molecule has 0 saturated carbocycles. The molecule has 0 spiro atoms. The molecule has 0 aliphatic rings. The summed E-state index contributed by atoms with van der Waals surface area (Å²) < 4.78 is 10.5. The Labute approximate surface area is 141 Å². The quantitative estimate of drug-likeness (QED) is 0.761. The maximum Gasteiger partial charge on any atom is 0.156 e. The lowest BCUT2D eigenvalue weighted by Crippen LogP contribution is -2.17. The first-order valence-corrected chi connectivity index (χ1v) is 7.75. The van der Waals surface area contributed by atoms with Gasteiger partial charge in [0.2, 0.25) is 0 Å². The summed E-state index contributed by atoms with van der Waals surface area (Å²) in [6.07, 6.45) is 0.891. The van der Waals surface area contributed by atoms with Crippen LogP contribution >= 0.6 is 23.2 Å². The summed E-state index contributed by atoms with van der Waals surface area (Å²) in [7, 11) is 3.24. The minimum Gasteiger partial charge on any atom is -0.496 e. The van der Waals surface area contributed by atoms with E-state index in [0.29, 0.717) is 22.3 Å². The van der Waals surface area contributed by atoms with Gasteiger partial charge in [0.25, 0.3) is 0 Å². The van der Waals surface area contributed by atoms with E-state index in [1.165, 1.54) is 5.56 Å². The van der Waals surface area contributed by atoms with Crippen molar-refractivity contribution >= 4 is 23.2 Å². The summed E-state index contributed by atoms with van der Waals surface area (Å²) >= 11 is 12.3.